The summed E-state index contributed by atoms with van der Waals surface area (Å²) in [4.78, 5) is 6.62. The van der Waals surface area contributed by atoms with E-state index in [1.807, 2.05) is 18.3 Å². The Morgan fingerprint density at radius 3 is 2.95 bits per heavy atom. The highest BCUT2D eigenvalue weighted by molar-refractivity contribution is 5.47. The topological polar surface area (TPSA) is 37.4 Å². The number of ether oxygens (including phenoxy) is 1. The number of nitrogens with one attached hydrogen (secondary N) is 1. The quantitative estimate of drug-likeness (QED) is 0.693. The second-order valence-corrected chi connectivity index (χ2v) is 4.77. The highest BCUT2D eigenvalue weighted by atomic mass is 16.5. The third-order valence-corrected chi connectivity index (χ3v) is 2.77. The maximum atomic E-state index is 5.15. The molecule has 0 fully saturated rings. The second kappa shape index (κ2) is 8.67. The molecule has 1 heterocycles. The molecule has 0 radical (unpaired) electrons. The molecule has 1 N–H and O–H groups in total. The molecule has 106 valence electrons. The van der Waals surface area contributed by atoms with Gasteiger partial charge in [0.1, 0.15) is 0 Å². The molecule has 0 aliphatic rings. The predicted octanol–water partition coefficient (Wildman–Crippen LogP) is 2.22. The van der Waals surface area contributed by atoms with E-state index in [4.69, 9.17) is 4.74 Å². The summed E-state index contributed by atoms with van der Waals surface area (Å²) in [7, 11) is 1.72. The van der Waals surface area contributed by atoms with Crippen molar-refractivity contribution in [1.29, 1.82) is 0 Å². The second-order valence-electron chi connectivity index (χ2n) is 4.77. The smallest absolute Gasteiger partial charge is 0.0637 e. The summed E-state index contributed by atoms with van der Waals surface area (Å²) in [6, 6.07) is 4.61. The first-order valence-electron chi connectivity index (χ1n) is 6.70. The average Bonchev–Trinajstić information content (AvgIpc) is 2.41. The zero-order valence-electron chi connectivity index (χ0n) is 12.2. The summed E-state index contributed by atoms with van der Waals surface area (Å²) in [6.45, 7) is 11.2. The molecular weight excluding hydrogens is 238 g/mol. The number of nitrogens with zero attached hydrogens (tertiary/aromatic N) is 2. The van der Waals surface area contributed by atoms with Crippen LogP contribution in [0.1, 0.15) is 19.5 Å². The van der Waals surface area contributed by atoms with Crippen LogP contribution in [0.4, 0.5) is 5.69 Å². The molecule has 0 saturated heterocycles. The Kier molecular flexibility index (Phi) is 7.15. The van der Waals surface area contributed by atoms with Crippen molar-refractivity contribution in [1.82, 2.24) is 10.3 Å². The van der Waals surface area contributed by atoms with Gasteiger partial charge in [-0.3, -0.25) is 4.98 Å². The third kappa shape index (κ3) is 5.85. The van der Waals surface area contributed by atoms with Gasteiger partial charge < -0.3 is 15.0 Å². The van der Waals surface area contributed by atoms with E-state index in [0.717, 1.165) is 31.0 Å². The molecule has 0 spiro atoms. The molecule has 19 heavy (non-hydrogen) atoms. The van der Waals surface area contributed by atoms with Crippen LogP contribution in [-0.2, 0) is 11.3 Å². The Balaban J connectivity index is 2.72. The van der Waals surface area contributed by atoms with Crippen LogP contribution in [0.2, 0.25) is 0 Å². The largest absolute Gasteiger partial charge is 0.383 e. The highest BCUT2D eigenvalue weighted by Gasteiger charge is 2.06. The van der Waals surface area contributed by atoms with E-state index in [1.54, 1.807) is 7.11 Å². The average molecular weight is 263 g/mol. The SMILES string of the molecule is C=CCN(CCOC)c1ccnc(CNC(C)C)c1. The Morgan fingerprint density at radius 2 is 2.32 bits per heavy atom. The number of hydrogen-bond donors (Lipinski definition) is 1. The van der Waals surface area contributed by atoms with E-state index >= 15 is 0 Å². The van der Waals surface area contributed by atoms with E-state index in [0.29, 0.717) is 12.6 Å². The maximum absolute atomic E-state index is 5.15. The predicted molar refractivity (Wildman–Crippen MR) is 80.5 cm³/mol. The van der Waals surface area contributed by atoms with Crippen LogP contribution < -0.4 is 10.2 Å². The fourth-order valence-electron chi connectivity index (χ4n) is 1.75. The van der Waals surface area contributed by atoms with Gasteiger partial charge in [0.15, 0.2) is 0 Å². The summed E-state index contributed by atoms with van der Waals surface area (Å²) in [5, 5.41) is 3.38. The van der Waals surface area contributed by atoms with Crippen LogP contribution in [0.3, 0.4) is 0 Å². The third-order valence-electron chi connectivity index (χ3n) is 2.77. The lowest BCUT2D eigenvalue weighted by molar-refractivity contribution is 0.206. The molecule has 4 nitrogen and oxygen atoms in total. The van der Waals surface area contributed by atoms with Gasteiger partial charge in [-0.15, -0.1) is 6.58 Å². The lowest BCUT2D eigenvalue weighted by atomic mass is 10.2. The highest BCUT2D eigenvalue weighted by Crippen LogP contribution is 2.14. The van der Waals surface area contributed by atoms with Gasteiger partial charge in [0.2, 0.25) is 0 Å². The summed E-state index contributed by atoms with van der Waals surface area (Å²) in [5.74, 6) is 0. The minimum Gasteiger partial charge on any atom is -0.383 e. The van der Waals surface area contributed by atoms with E-state index in [9.17, 15) is 0 Å². The number of anilines is 1. The van der Waals surface area contributed by atoms with Crippen LogP contribution in [-0.4, -0.2) is 37.8 Å². The fraction of sp³-hybridized carbons (Fsp3) is 0.533. The van der Waals surface area contributed by atoms with E-state index in [-0.39, 0.29) is 0 Å². The zero-order valence-corrected chi connectivity index (χ0v) is 12.2. The van der Waals surface area contributed by atoms with E-state index in [2.05, 4.69) is 41.7 Å². The molecule has 0 aromatic carbocycles. The Hall–Kier alpha value is -1.39. The monoisotopic (exact) mass is 263 g/mol. The molecule has 0 aliphatic carbocycles. The van der Waals surface area contributed by atoms with Crippen molar-refractivity contribution in [2.45, 2.75) is 26.4 Å². The Bertz CT molecular complexity index is 379. The van der Waals surface area contributed by atoms with Crippen molar-refractivity contribution >= 4 is 5.69 Å². The number of hydrogen-bond acceptors (Lipinski definition) is 4. The Labute approximate surface area is 116 Å². The van der Waals surface area contributed by atoms with Crippen molar-refractivity contribution in [2.75, 3.05) is 31.7 Å². The lowest BCUT2D eigenvalue weighted by Gasteiger charge is -2.23. The van der Waals surface area contributed by atoms with Crippen molar-refractivity contribution in [2.24, 2.45) is 0 Å². The number of rotatable bonds is 9. The zero-order chi connectivity index (χ0) is 14.1. The summed E-state index contributed by atoms with van der Waals surface area (Å²) >= 11 is 0. The minimum atomic E-state index is 0.461. The molecule has 0 saturated carbocycles. The first-order valence-corrected chi connectivity index (χ1v) is 6.70. The van der Waals surface area contributed by atoms with Gasteiger partial charge in [0, 0.05) is 44.7 Å². The van der Waals surface area contributed by atoms with Crippen molar-refractivity contribution in [3.8, 4) is 0 Å². The van der Waals surface area contributed by atoms with Gasteiger partial charge in [0.05, 0.1) is 12.3 Å². The molecule has 1 rings (SSSR count). The molecule has 0 aliphatic heterocycles. The van der Waals surface area contributed by atoms with E-state index < -0.39 is 0 Å². The van der Waals surface area contributed by atoms with Crippen molar-refractivity contribution in [3.05, 3.63) is 36.7 Å². The minimum absolute atomic E-state index is 0.461. The molecule has 0 unspecified atom stereocenters. The molecule has 0 atom stereocenters. The first-order chi connectivity index (χ1) is 9.17. The Morgan fingerprint density at radius 1 is 1.53 bits per heavy atom. The number of methoxy groups -OCH3 is 1. The van der Waals surface area contributed by atoms with Crippen molar-refractivity contribution < 1.29 is 4.74 Å². The van der Waals surface area contributed by atoms with Gasteiger partial charge in [-0.05, 0) is 12.1 Å². The van der Waals surface area contributed by atoms with Crippen LogP contribution >= 0.6 is 0 Å². The van der Waals surface area contributed by atoms with Crippen molar-refractivity contribution in [3.63, 3.8) is 0 Å². The lowest BCUT2D eigenvalue weighted by Crippen LogP contribution is -2.28. The van der Waals surface area contributed by atoms with Crippen LogP contribution in [0.25, 0.3) is 0 Å². The molecule has 1 aromatic rings. The van der Waals surface area contributed by atoms with Crippen LogP contribution in [0.5, 0.6) is 0 Å². The standard InChI is InChI=1S/C15H25N3O/c1-5-8-18(9-10-19-4)15-6-7-16-14(11-15)12-17-13(2)3/h5-7,11,13,17H,1,8-10,12H2,2-4H3. The molecule has 0 amide bonds. The molecule has 4 heteroatoms. The van der Waals surface area contributed by atoms with Gasteiger partial charge in [0.25, 0.3) is 0 Å². The summed E-state index contributed by atoms with van der Waals surface area (Å²) < 4.78 is 5.15. The maximum Gasteiger partial charge on any atom is 0.0637 e. The fourth-order valence-corrected chi connectivity index (χ4v) is 1.75. The normalized spacial score (nSPS) is 10.7. The first kappa shape index (κ1) is 15.7. The molecule has 0 bridgehead atoms. The summed E-state index contributed by atoms with van der Waals surface area (Å²) in [5.41, 5.74) is 2.21. The number of aromatic nitrogens is 1. The van der Waals surface area contributed by atoms with Gasteiger partial charge in [-0.2, -0.15) is 0 Å². The molecular formula is C15H25N3O. The molecule has 1 aromatic heterocycles. The van der Waals surface area contributed by atoms with Crippen LogP contribution in [0.15, 0.2) is 31.0 Å². The van der Waals surface area contributed by atoms with Crippen LogP contribution in [0, 0.1) is 0 Å². The van der Waals surface area contributed by atoms with Gasteiger partial charge >= 0.3 is 0 Å². The van der Waals surface area contributed by atoms with Gasteiger partial charge in [-0.25, -0.2) is 0 Å². The van der Waals surface area contributed by atoms with E-state index in [1.165, 1.54) is 0 Å². The summed E-state index contributed by atoms with van der Waals surface area (Å²) in [6.07, 6.45) is 3.76. The van der Waals surface area contributed by atoms with Gasteiger partial charge in [-0.1, -0.05) is 19.9 Å². The number of pyridine rings is 1.